The molecular weight excluding hydrogens is 311 g/mol. The number of nitriles is 1. The van der Waals surface area contributed by atoms with Gasteiger partial charge < -0.3 is 9.47 Å². The fraction of sp³-hybridized carbons (Fsp3) is 0.556. The van der Waals surface area contributed by atoms with Crippen molar-refractivity contribution in [3.05, 3.63) is 35.6 Å². The predicted octanol–water partition coefficient (Wildman–Crippen LogP) is 2.43. The van der Waals surface area contributed by atoms with Crippen molar-refractivity contribution in [3.8, 4) is 6.07 Å². The van der Waals surface area contributed by atoms with Gasteiger partial charge in [-0.25, -0.2) is 9.18 Å². The van der Waals surface area contributed by atoms with E-state index in [0.717, 1.165) is 12.8 Å². The number of hydrogen-bond acceptors (Lipinski definition) is 5. The summed E-state index contributed by atoms with van der Waals surface area (Å²) in [6, 6.07) is 7.69. The van der Waals surface area contributed by atoms with E-state index in [1.54, 1.807) is 18.2 Å². The molecule has 6 heteroatoms. The molecule has 1 aliphatic heterocycles. The summed E-state index contributed by atoms with van der Waals surface area (Å²) in [5.74, 6) is -1.16. The lowest BCUT2D eigenvalue weighted by atomic mass is 10.0. The van der Waals surface area contributed by atoms with Gasteiger partial charge in [0.25, 0.3) is 0 Å². The van der Waals surface area contributed by atoms with Crippen LogP contribution < -0.4 is 0 Å². The first-order valence-electron chi connectivity index (χ1n) is 8.37. The lowest BCUT2D eigenvalue weighted by Crippen LogP contribution is -2.44. The number of ether oxygens (including phenoxy) is 2. The summed E-state index contributed by atoms with van der Waals surface area (Å²) in [5, 5.41) is 9.17. The molecule has 0 bridgehead atoms. The van der Waals surface area contributed by atoms with Crippen molar-refractivity contribution in [1.82, 2.24) is 4.90 Å². The Labute approximate surface area is 141 Å². The Kier molecular flexibility index (Phi) is 5.44. The average Bonchev–Trinajstić information content (AvgIpc) is 3.05. The predicted molar refractivity (Wildman–Crippen MR) is 84.4 cm³/mol. The number of carbonyl (C=O) groups is 1. The van der Waals surface area contributed by atoms with Crippen LogP contribution in [0.4, 0.5) is 4.39 Å². The molecule has 128 valence electrons. The Morgan fingerprint density at radius 2 is 2.08 bits per heavy atom. The second-order valence-corrected chi connectivity index (χ2v) is 6.21. The van der Waals surface area contributed by atoms with E-state index in [2.05, 4.69) is 6.07 Å². The topological polar surface area (TPSA) is 62.6 Å². The quantitative estimate of drug-likeness (QED) is 0.793. The lowest BCUT2D eigenvalue weighted by Gasteiger charge is -2.34. The zero-order valence-electron chi connectivity index (χ0n) is 13.5. The lowest BCUT2D eigenvalue weighted by molar-refractivity contribution is -0.158. The minimum Gasteiger partial charge on any atom is -0.460 e. The van der Waals surface area contributed by atoms with Gasteiger partial charge in [0.2, 0.25) is 0 Å². The van der Waals surface area contributed by atoms with Gasteiger partial charge in [-0.2, -0.15) is 5.26 Å². The van der Waals surface area contributed by atoms with Gasteiger partial charge in [0.1, 0.15) is 18.0 Å². The Morgan fingerprint density at radius 1 is 1.33 bits per heavy atom. The molecule has 0 unspecified atom stereocenters. The average molecular weight is 332 g/mol. The van der Waals surface area contributed by atoms with Gasteiger partial charge in [0.15, 0.2) is 0 Å². The largest absolute Gasteiger partial charge is 0.460 e. The van der Waals surface area contributed by atoms with Crippen LogP contribution in [-0.4, -0.2) is 43.3 Å². The maximum atomic E-state index is 14.3. The minimum atomic E-state index is -0.796. The second kappa shape index (κ2) is 7.73. The first-order chi connectivity index (χ1) is 11.7. The SMILES string of the molecule is N#C[C@@H]1CCC[C@@H]1OC(=O)[C@H](c1ccccc1F)N1CCOCC1. The van der Waals surface area contributed by atoms with Crippen molar-refractivity contribution in [2.75, 3.05) is 26.3 Å². The zero-order valence-corrected chi connectivity index (χ0v) is 13.5. The number of hydrogen-bond donors (Lipinski definition) is 0. The molecule has 24 heavy (non-hydrogen) atoms. The van der Waals surface area contributed by atoms with Crippen LogP contribution in [0.15, 0.2) is 24.3 Å². The molecular formula is C18H21FN2O3. The molecule has 3 atom stereocenters. The summed E-state index contributed by atoms with van der Waals surface area (Å²) in [6.07, 6.45) is 1.92. The normalized spacial score (nSPS) is 25.8. The van der Waals surface area contributed by atoms with Gasteiger partial charge in [-0.05, 0) is 25.3 Å². The summed E-state index contributed by atoms with van der Waals surface area (Å²) < 4.78 is 25.3. The van der Waals surface area contributed by atoms with Crippen LogP contribution in [0.2, 0.25) is 0 Å². The van der Waals surface area contributed by atoms with Crippen molar-refractivity contribution < 1.29 is 18.7 Å². The Morgan fingerprint density at radius 3 is 2.79 bits per heavy atom. The van der Waals surface area contributed by atoms with Crippen LogP contribution in [0.5, 0.6) is 0 Å². The van der Waals surface area contributed by atoms with Crippen LogP contribution in [0.25, 0.3) is 0 Å². The molecule has 1 aliphatic carbocycles. The van der Waals surface area contributed by atoms with Crippen molar-refractivity contribution in [3.63, 3.8) is 0 Å². The number of rotatable bonds is 4. The van der Waals surface area contributed by atoms with Gasteiger partial charge >= 0.3 is 5.97 Å². The van der Waals surface area contributed by atoms with Crippen LogP contribution >= 0.6 is 0 Å². The molecule has 0 aromatic heterocycles. The zero-order chi connectivity index (χ0) is 16.9. The molecule has 0 amide bonds. The Balaban J connectivity index is 1.82. The molecule has 1 aromatic rings. The summed E-state index contributed by atoms with van der Waals surface area (Å²) in [4.78, 5) is 14.7. The molecule has 0 spiro atoms. The van der Waals surface area contributed by atoms with E-state index in [1.807, 2.05) is 4.90 Å². The monoisotopic (exact) mass is 332 g/mol. The molecule has 2 fully saturated rings. The van der Waals surface area contributed by atoms with E-state index in [0.29, 0.717) is 38.3 Å². The van der Waals surface area contributed by atoms with Crippen LogP contribution in [0, 0.1) is 23.1 Å². The molecule has 1 saturated carbocycles. The Bertz CT molecular complexity index is 625. The number of esters is 1. The van der Waals surface area contributed by atoms with E-state index >= 15 is 0 Å². The van der Waals surface area contributed by atoms with Gasteiger partial charge in [0, 0.05) is 18.7 Å². The van der Waals surface area contributed by atoms with Gasteiger partial charge in [0.05, 0.1) is 25.2 Å². The molecule has 0 N–H and O–H groups in total. The van der Waals surface area contributed by atoms with Crippen LogP contribution in [0.3, 0.4) is 0 Å². The third-order valence-electron chi connectivity index (χ3n) is 4.72. The second-order valence-electron chi connectivity index (χ2n) is 6.21. The molecule has 1 heterocycles. The molecule has 5 nitrogen and oxygen atoms in total. The van der Waals surface area contributed by atoms with E-state index < -0.39 is 23.9 Å². The molecule has 0 radical (unpaired) electrons. The third-order valence-corrected chi connectivity index (χ3v) is 4.72. The highest BCUT2D eigenvalue weighted by atomic mass is 19.1. The third kappa shape index (κ3) is 3.58. The van der Waals surface area contributed by atoms with E-state index in [9.17, 15) is 9.18 Å². The molecule has 1 saturated heterocycles. The van der Waals surface area contributed by atoms with Gasteiger partial charge in [-0.1, -0.05) is 18.2 Å². The number of benzene rings is 1. The Hall–Kier alpha value is -1.97. The number of carbonyl (C=O) groups excluding carboxylic acids is 1. The fourth-order valence-corrected chi connectivity index (χ4v) is 3.43. The summed E-state index contributed by atoms with van der Waals surface area (Å²) >= 11 is 0. The van der Waals surface area contributed by atoms with Gasteiger partial charge in [-0.3, -0.25) is 4.90 Å². The summed E-state index contributed by atoms with van der Waals surface area (Å²) in [7, 11) is 0. The van der Waals surface area contributed by atoms with Crippen molar-refractivity contribution >= 4 is 5.97 Å². The molecule has 2 aliphatic rings. The summed E-state index contributed by atoms with van der Waals surface area (Å²) in [6.45, 7) is 2.09. The first-order valence-corrected chi connectivity index (χ1v) is 8.37. The minimum absolute atomic E-state index is 0.264. The van der Waals surface area contributed by atoms with Crippen LogP contribution in [-0.2, 0) is 14.3 Å². The van der Waals surface area contributed by atoms with Crippen molar-refractivity contribution in [1.29, 1.82) is 5.26 Å². The van der Waals surface area contributed by atoms with Crippen molar-refractivity contribution in [2.45, 2.75) is 31.4 Å². The van der Waals surface area contributed by atoms with E-state index in [4.69, 9.17) is 14.7 Å². The highest BCUT2D eigenvalue weighted by Gasteiger charge is 2.37. The summed E-state index contributed by atoms with van der Waals surface area (Å²) in [5.41, 5.74) is 0.316. The maximum Gasteiger partial charge on any atom is 0.328 e. The smallest absolute Gasteiger partial charge is 0.328 e. The van der Waals surface area contributed by atoms with Gasteiger partial charge in [-0.15, -0.1) is 0 Å². The number of halogens is 1. The molecule has 3 rings (SSSR count). The van der Waals surface area contributed by atoms with Crippen LogP contribution in [0.1, 0.15) is 30.9 Å². The van der Waals surface area contributed by atoms with E-state index in [1.165, 1.54) is 6.07 Å². The first kappa shape index (κ1) is 16.9. The highest BCUT2D eigenvalue weighted by molar-refractivity contribution is 5.78. The maximum absolute atomic E-state index is 14.3. The number of morpholine rings is 1. The fourth-order valence-electron chi connectivity index (χ4n) is 3.43. The standard InChI is InChI=1S/C18H21FN2O3/c19-15-6-2-1-5-14(15)17(21-8-10-23-11-9-21)18(22)24-16-7-3-4-13(16)12-20/h1-2,5-6,13,16-17H,3-4,7-11H2/t13-,16-,17-/m0/s1. The van der Waals surface area contributed by atoms with Crippen molar-refractivity contribution in [2.24, 2.45) is 5.92 Å². The number of nitrogens with zero attached hydrogens (tertiary/aromatic N) is 2. The van der Waals surface area contributed by atoms with E-state index in [-0.39, 0.29) is 5.92 Å². The highest BCUT2D eigenvalue weighted by Crippen LogP contribution is 2.31. The molecule has 1 aromatic carbocycles.